The largest absolute Gasteiger partial charge is 0.493 e. The number of rotatable bonds is 8. The zero-order valence-electron chi connectivity index (χ0n) is 15.4. The summed E-state index contributed by atoms with van der Waals surface area (Å²) < 4.78 is 11.4. The molecule has 1 aliphatic heterocycles. The summed E-state index contributed by atoms with van der Waals surface area (Å²) in [6.45, 7) is 5.56. The third-order valence-electron chi connectivity index (χ3n) is 4.65. The molecule has 6 heteroatoms. The van der Waals surface area contributed by atoms with Gasteiger partial charge in [0.25, 0.3) is 0 Å². The summed E-state index contributed by atoms with van der Waals surface area (Å²) in [7, 11) is 1.64. The SMILES string of the molecule is CCN(Cc1ccc(OCc2cccs2)c(OC)c1)C(=O)C1CCNC1. The molecule has 1 amide bonds. The van der Waals surface area contributed by atoms with Gasteiger partial charge in [-0.1, -0.05) is 12.1 Å². The topological polar surface area (TPSA) is 50.8 Å². The van der Waals surface area contributed by atoms with Crippen LogP contribution in [-0.4, -0.2) is 37.6 Å². The van der Waals surface area contributed by atoms with Crippen molar-refractivity contribution in [3.05, 3.63) is 46.2 Å². The molecular formula is C20H26N2O3S. The number of carbonyl (C=O) groups is 1. The predicted molar refractivity (Wildman–Crippen MR) is 104 cm³/mol. The van der Waals surface area contributed by atoms with E-state index in [4.69, 9.17) is 9.47 Å². The fraction of sp³-hybridized carbons (Fsp3) is 0.450. The van der Waals surface area contributed by atoms with Gasteiger partial charge in [0, 0.05) is 24.5 Å². The number of benzene rings is 1. The molecule has 140 valence electrons. The average Bonchev–Trinajstić information content (AvgIpc) is 3.38. The number of carbonyl (C=O) groups excluding carboxylic acids is 1. The summed E-state index contributed by atoms with van der Waals surface area (Å²) in [4.78, 5) is 15.8. The summed E-state index contributed by atoms with van der Waals surface area (Å²) in [5.74, 6) is 1.75. The van der Waals surface area contributed by atoms with Gasteiger partial charge >= 0.3 is 0 Å². The lowest BCUT2D eigenvalue weighted by atomic mass is 10.1. The van der Waals surface area contributed by atoms with Gasteiger partial charge in [0.05, 0.1) is 13.0 Å². The van der Waals surface area contributed by atoms with Crippen LogP contribution in [0.1, 0.15) is 23.8 Å². The van der Waals surface area contributed by atoms with E-state index >= 15 is 0 Å². The molecule has 2 aromatic rings. The van der Waals surface area contributed by atoms with Gasteiger partial charge in [-0.2, -0.15) is 0 Å². The van der Waals surface area contributed by atoms with Crippen molar-refractivity contribution in [1.82, 2.24) is 10.2 Å². The highest BCUT2D eigenvalue weighted by Gasteiger charge is 2.26. The van der Waals surface area contributed by atoms with Crippen LogP contribution in [0.2, 0.25) is 0 Å². The van der Waals surface area contributed by atoms with E-state index < -0.39 is 0 Å². The quantitative estimate of drug-likeness (QED) is 0.770. The molecule has 0 radical (unpaired) electrons. The molecule has 0 bridgehead atoms. The van der Waals surface area contributed by atoms with Gasteiger partial charge in [-0.05, 0) is 49.0 Å². The second-order valence-corrected chi connectivity index (χ2v) is 7.43. The third kappa shape index (κ3) is 4.56. The summed E-state index contributed by atoms with van der Waals surface area (Å²) in [6, 6.07) is 9.97. The maximum absolute atomic E-state index is 12.7. The fourth-order valence-electron chi connectivity index (χ4n) is 3.16. The Hall–Kier alpha value is -2.05. The summed E-state index contributed by atoms with van der Waals surface area (Å²) in [5, 5.41) is 5.30. The normalized spacial score (nSPS) is 16.5. The molecule has 1 N–H and O–H groups in total. The zero-order chi connectivity index (χ0) is 18.4. The van der Waals surface area contributed by atoms with E-state index in [0.29, 0.717) is 25.4 Å². The predicted octanol–water partition coefficient (Wildman–Crippen LogP) is 3.29. The van der Waals surface area contributed by atoms with Gasteiger partial charge in [0.15, 0.2) is 11.5 Å². The number of ether oxygens (including phenoxy) is 2. The van der Waals surface area contributed by atoms with Crippen molar-refractivity contribution in [2.75, 3.05) is 26.7 Å². The lowest BCUT2D eigenvalue weighted by molar-refractivity contribution is -0.135. The van der Waals surface area contributed by atoms with E-state index in [1.807, 2.05) is 47.5 Å². The van der Waals surface area contributed by atoms with Crippen LogP contribution >= 0.6 is 11.3 Å². The number of nitrogens with zero attached hydrogens (tertiary/aromatic N) is 1. The summed E-state index contributed by atoms with van der Waals surface area (Å²) >= 11 is 1.67. The number of methoxy groups -OCH3 is 1. The number of thiophene rings is 1. The first kappa shape index (κ1) is 18.7. The second kappa shape index (κ2) is 9.05. The molecule has 1 aromatic heterocycles. The van der Waals surface area contributed by atoms with Crippen molar-refractivity contribution in [3.8, 4) is 11.5 Å². The van der Waals surface area contributed by atoms with Crippen LogP contribution in [0.3, 0.4) is 0 Å². The maximum Gasteiger partial charge on any atom is 0.227 e. The van der Waals surface area contributed by atoms with Gasteiger partial charge in [0.2, 0.25) is 5.91 Å². The minimum absolute atomic E-state index is 0.102. The molecule has 1 atom stereocenters. The minimum Gasteiger partial charge on any atom is -0.493 e. The first-order valence-electron chi connectivity index (χ1n) is 9.03. The first-order chi connectivity index (χ1) is 12.7. The molecule has 0 spiro atoms. The van der Waals surface area contributed by atoms with Crippen LogP contribution < -0.4 is 14.8 Å². The molecule has 1 aromatic carbocycles. The van der Waals surface area contributed by atoms with Crippen molar-refractivity contribution in [2.45, 2.75) is 26.5 Å². The van der Waals surface area contributed by atoms with Crippen molar-refractivity contribution >= 4 is 17.2 Å². The highest BCUT2D eigenvalue weighted by molar-refractivity contribution is 7.09. The van der Waals surface area contributed by atoms with Crippen molar-refractivity contribution in [2.24, 2.45) is 5.92 Å². The average molecular weight is 375 g/mol. The molecular weight excluding hydrogens is 348 g/mol. The van der Waals surface area contributed by atoms with Crippen LogP contribution in [-0.2, 0) is 17.9 Å². The van der Waals surface area contributed by atoms with E-state index in [0.717, 1.165) is 30.8 Å². The standard InChI is InChI=1S/C20H26N2O3S/c1-3-22(20(23)16-8-9-21-12-16)13-15-6-7-18(19(11-15)24-2)25-14-17-5-4-10-26-17/h4-7,10-11,16,21H,3,8-9,12-14H2,1-2H3. The minimum atomic E-state index is 0.102. The van der Waals surface area contributed by atoms with E-state index in [1.54, 1.807) is 18.4 Å². The zero-order valence-corrected chi connectivity index (χ0v) is 16.2. The van der Waals surface area contributed by atoms with Crippen LogP contribution in [0, 0.1) is 5.92 Å². The number of hydrogen-bond acceptors (Lipinski definition) is 5. The van der Waals surface area contributed by atoms with Crippen molar-refractivity contribution in [3.63, 3.8) is 0 Å². The van der Waals surface area contributed by atoms with Gasteiger partial charge < -0.3 is 19.7 Å². The van der Waals surface area contributed by atoms with Gasteiger partial charge in [-0.25, -0.2) is 0 Å². The number of hydrogen-bond donors (Lipinski definition) is 1. The molecule has 1 aliphatic rings. The Morgan fingerprint density at radius 3 is 2.88 bits per heavy atom. The molecule has 26 heavy (non-hydrogen) atoms. The Balaban J connectivity index is 1.66. The molecule has 1 saturated heterocycles. The second-order valence-electron chi connectivity index (χ2n) is 6.40. The van der Waals surface area contributed by atoms with Crippen LogP contribution in [0.25, 0.3) is 0 Å². The van der Waals surface area contributed by atoms with E-state index in [9.17, 15) is 4.79 Å². The van der Waals surface area contributed by atoms with E-state index in [-0.39, 0.29) is 11.8 Å². The van der Waals surface area contributed by atoms with E-state index in [2.05, 4.69) is 5.32 Å². The highest BCUT2D eigenvalue weighted by atomic mass is 32.1. The van der Waals surface area contributed by atoms with Crippen LogP contribution in [0.4, 0.5) is 0 Å². The first-order valence-corrected chi connectivity index (χ1v) is 9.90. The van der Waals surface area contributed by atoms with Crippen LogP contribution in [0.5, 0.6) is 11.5 Å². The fourth-order valence-corrected chi connectivity index (χ4v) is 3.78. The van der Waals surface area contributed by atoms with Gasteiger partial charge in [0.1, 0.15) is 6.61 Å². The summed E-state index contributed by atoms with van der Waals surface area (Å²) in [6.07, 6.45) is 0.925. The molecule has 0 saturated carbocycles. The van der Waals surface area contributed by atoms with Gasteiger partial charge in [-0.3, -0.25) is 4.79 Å². The molecule has 3 rings (SSSR count). The molecule has 5 nitrogen and oxygen atoms in total. The lowest BCUT2D eigenvalue weighted by Gasteiger charge is -2.24. The Bertz CT molecular complexity index is 712. The molecule has 0 aliphatic carbocycles. The maximum atomic E-state index is 12.7. The molecule has 1 unspecified atom stereocenters. The summed E-state index contributed by atoms with van der Waals surface area (Å²) in [5.41, 5.74) is 1.05. The molecule has 1 fully saturated rings. The lowest BCUT2D eigenvalue weighted by Crippen LogP contribution is -2.36. The monoisotopic (exact) mass is 374 g/mol. The Morgan fingerprint density at radius 1 is 1.35 bits per heavy atom. The van der Waals surface area contributed by atoms with Gasteiger partial charge in [-0.15, -0.1) is 11.3 Å². The highest BCUT2D eigenvalue weighted by Crippen LogP contribution is 2.30. The Kier molecular flexibility index (Phi) is 6.52. The Morgan fingerprint density at radius 2 is 2.23 bits per heavy atom. The van der Waals surface area contributed by atoms with Crippen molar-refractivity contribution in [1.29, 1.82) is 0 Å². The third-order valence-corrected chi connectivity index (χ3v) is 5.50. The van der Waals surface area contributed by atoms with Crippen molar-refractivity contribution < 1.29 is 14.3 Å². The number of nitrogens with one attached hydrogen (secondary N) is 1. The smallest absolute Gasteiger partial charge is 0.227 e. The number of amides is 1. The van der Waals surface area contributed by atoms with E-state index in [1.165, 1.54) is 4.88 Å². The molecule has 2 heterocycles. The Labute approximate surface area is 158 Å². The van der Waals surface area contributed by atoms with Crippen LogP contribution in [0.15, 0.2) is 35.7 Å².